The lowest BCUT2D eigenvalue weighted by molar-refractivity contribution is 0.0670. The molecular formula is C9H19NO. The average Bonchev–Trinajstić information content (AvgIpc) is 2.05. The standard InChI is InChI=1S/C9H19NO/c1-7(10)9(11)8-5-3-2-4-6-8/h7-9,11H,2-6,10H2,1H3/t7-,9-/m0/s1. The first-order valence-corrected chi connectivity index (χ1v) is 4.65. The third kappa shape index (κ3) is 2.46. The number of rotatable bonds is 2. The Morgan fingerprint density at radius 2 is 1.82 bits per heavy atom. The molecule has 0 radical (unpaired) electrons. The summed E-state index contributed by atoms with van der Waals surface area (Å²) < 4.78 is 0. The first kappa shape index (κ1) is 9.01. The molecule has 1 saturated carbocycles. The predicted molar refractivity (Wildman–Crippen MR) is 46.2 cm³/mol. The molecule has 0 spiro atoms. The molecule has 1 aliphatic carbocycles. The van der Waals surface area contributed by atoms with Gasteiger partial charge < -0.3 is 10.8 Å². The largest absolute Gasteiger partial charge is 0.391 e. The van der Waals surface area contributed by atoms with E-state index < -0.39 is 0 Å². The molecular weight excluding hydrogens is 138 g/mol. The Morgan fingerprint density at radius 3 is 2.27 bits per heavy atom. The van der Waals surface area contributed by atoms with Crippen LogP contribution >= 0.6 is 0 Å². The molecule has 0 bridgehead atoms. The van der Waals surface area contributed by atoms with E-state index >= 15 is 0 Å². The molecule has 1 rings (SSSR count). The Balaban J connectivity index is 2.32. The van der Waals surface area contributed by atoms with Crippen LogP contribution in [-0.2, 0) is 0 Å². The quantitative estimate of drug-likeness (QED) is 0.634. The van der Waals surface area contributed by atoms with E-state index in [1.807, 2.05) is 6.92 Å². The van der Waals surface area contributed by atoms with Crippen LogP contribution in [0.4, 0.5) is 0 Å². The van der Waals surface area contributed by atoms with E-state index in [1.165, 1.54) is 32.1 Å². The molecule has 1 fully saturated rings. The van der Waals surface area contributed by atoms with E-state index in [1.54, 1.807) is 0 Å². The van der Waals surface area contributed by atoms with Crippen LogP contribution in [0.2, 0.25) is 0 Å². The van der Waals surface area contributed by atoms with Gasteiger partial charge in [0.15, 0.2) is 0 Å². The van der Waals surface area contributed by atoms with E-state index in [0.717, 1.165) is 0 Å². The SMILES string of the molecule is C[C@H](N)[C@H](O)C1CCCCC1. The molecule has 0 amide bonds. The van der Waals surface area contributed by atoms with Crippen LogP contribution in [0.25, 0.3) is 0 Å². The lowest BCUT2D eigenvalue weighted by Gasteiger charge is -2.28. The molecule has 0 unspecified atom stereocenters. The third-order valence-electron chi connectivity index (χ3n) is 2.67. The van der Waals surface area contributed by atoms with Gasteiger partial charge in [-0.2, -0.15) is 0 Å². The summed E-state index contributed by atoms with van der Waals surface area (Å²) in [6.07, 6.45) is 5.95. The van der Waals surface area contributed by atoms with Gasteiger partial charge in [0, 0.05) is 6.04 Å². The summed E-state index contributed by atoms with van der Waals surface area (Å²) in [6, 6.07) is -0.0573. The van der Waals surface area contributed by atoms with Crippen LogP contribution < -0.4 is 5.73 Å². The first-order valence-electron chi connectivity index (χ1n) is 4.65. The van der Waals surface area contributed by atoms with Crippen molar-refractivity contribution in [3.8, 4) is 0 Å². The Morgan fingerprint density at radius 1 is 1.27 bits per heavy atom. The summed E-state index contributed by atoms with van der Waals surface area (Å²) in [7, 11) is 0. The minimum absolute atomic E-state index is 0.0573. The molecule has 11 heavy (non-hydrogen) atoms. The minimum atomic E-state index is -0.268. The van der Waals surface area contributed by atoms with Crippen molar-refractivity contribution in [2.75, 3.05) is 0 Å². The maximum absolute atomic E-state index is 9.63. The van der Waals surface area contributed by atoms with Crippen molar-refractivity contribution in [2.24, 2.45) is 11.7 Å². The summed E-state index contributed by atoms with van der Waals surface area (Å²) in [5.74, 6) is 0.476. The molecule has 0 saturated heterocycles. The molecule has 0 aliphatic heterocycles. The highest BCUT2D eigenvalue weighted by Gasteiger charge is 2.23. The second kappa shape index (κ2) is 4.07. The fourth-order valence-corrected chi connectivity index (χ4v) is 1.90. The topological polar surface area (TPSA) is 46.2 Å². The van der Waals surface area contributed by atoms with Crippen LogP contribution in [0.3, 0.4) is 0 Å². The zero-order chi connectivity index (χ0) is 8.27. The fourth-order valence-electron chi connectivity index (χ4n) is 1.90. The lowest BCUT2D eigenvalue weighted by Crippen LogP contribution is -2.38. The summed E-state index contributed by atoms with van der Waals surface area (Å²) in [4.78, 5) is 0. The van der Waals surface area contributed by atoms with Crippen molar-refractivity contribution in [3.63, 3.8) is 0 Å². The molecule has 66 valence electrons. The maximum atomic E-state index is 9.63. The van der Waals surface area contributed by atoms with E-state index in [2.05, 4.69) is 0 Å². The number of aliphatic hydroxyl groups is 1. The molecule has 2 nitrogen and oxygen atoms in total. The van der Waals surface area contributed by atoms with Gasteiger partial charge in [-0.05, 0) is 25.7 Å². The van der Waals surface area contributed by atoms with Crippen molar-refractivity contribution < 1.29 is 5.11 Å². The van der Waals surface area contributed by atoms with E-state index in [9.17, 15) is 5.11 Å². The molecule has 3 N–H and O–H groups in total. The summed E-state index contributed by atoms with van der Waals surface area (Å²) >= 11 is 0. The van der Waals surface area contributed by atoms with Crippen LogP contribution in [-0.4, -0.2) is 17.3 Å². The molecule has 2 heteroatoms. The molecule has 1 aliphatic rings. The smallest absolute Gasteiger partial charge is 0.0716 e. The Kier molecular flexibility index (Phi) is 3.34. The minimum Gasteiger partial charge on any atom is -0.391 e. The van der Waals surface area contributed by atoms with Gasteiger partial charge in [-0.1, -0.05) is 19.3 Å². The maximum Gasteiger partial charge on any atom is 0.0716 e. The monoisotopic (exact) mass is 157 g/mol. The van der Waals surface area contributed by atoms with E-state index in [4.69, 9.17) is 5.73 Å². The predicted octanol–water partition coefficient (Wildman–Crippen LogP) is 1.27. The normalized spacial score (nSPS) is 26.5. The highest BCUT2D eigenvalue weighted by molar-refractivity contribution is 4.78. The molecule has 0 aromatic rings. The number of hydrogen-bond donors (Lipinski definition) is 2. The fraction of sp³-hybridized carbons (Fsp3) is 1.00. The van der Waals surface area contributed by atoms with Crippen LogP contribution in [0.15, 0.2) is 0 Å². The molecule has 0 aromatic heterocycles. The number of hydrogen-bond acceptors (Lipinski definition) is 2. The van der Waals surface area contributed by atoms with Crippen molar-refractivity contribution in [3.05, 3.63) is 0 Å². The zero-order valence-corrected chi connectivity index (χ0v) is 7.29. The summed E-state index contributed by atoms with van der Waals surface area (Å²) in [6.45, 7) is 1.89. The molecule has 0 heterocycles. The second-order valence-corrected chi connectivity index (χ2v) is 3.75. The average molecular weight is 157 g/mol. The highest BCUT2D eigenvalue weighted by Crippen LogP contribution is 2.27. The van der Waals surface area contributed by atoms with Gasteiger partial charge in [-0.15, -0.1) is 0 Å². The van der Waals surface area contributed by atoms with Gasteiger partial charge in [-0.25, -0.2) is 0 Å². The number of nitrogens with two attached hydrogens (primary N) is 1. The molecule has 0 aromatic carbocycles. The Hall–Kier alpha value is -0.0800. The van der Waals surface area contributed by atoms with E-state index in [-0.39, 0.29) is 12.1 Å². The van der Waals surface area contributed by atoms with Gasteiger partial charge in [-0.3, -0.25) is 0 Å². The summed E-state index contributed by atoms with van der Waals surface area (Å²) in [5.41, 5.74) is 5.62. The lowest BCUT2D eigenvalue weighted by atomic mass is 9.83. The van der Waals surface area contributed by atoms with Crippen molar-refractivity contribution in [1.82, 2.24) is 0 Å². The van der Waals surface area contributed by atoms with Crippen LogP contribution in [0.1, 0.15) is 39.0 Å². The van der Waals surface area contributed by atoms with Crippen LogP contribution in [0.5, 0.6) is 0 Å². The van der Waals surface area contributed by atoms with Crippen LogP contribution in [0, 0.1) is 5.92 Å². The van der Waals surface area contributed by atoms with Crippen molar-refractivity contribution >= 4 is 0 Å². The van der Waals surface area contributed by atoms with Gasteiger partial charge in [0.05, 0.1) is 6.10 Å². The van der Waals surface area contributed by atoms with Gasteiger partial charge in [0.2, 0.25) is 0 Å². The van der Waals surface area contributed by atoms with Crippen molar-refractivity contribution in [1.29, 1.82) is 0 Å². The van der Waals surface area contributed by atoms with Crippen molar-refractivity contribution in [2.45, 2.75) is 51.2 Å². The third-order valence-corrected chi connectivity index (χ3v) is 2.67. The summed E-state index contributed by atoms with van der Waals surface area (Å²) in [5, 5.41) is 9.63. The Labute approximate surface area is 68.8 Å². The molecule has 2 atom stereocenters. The highest BCUT2D eigenvalue weighted by atomic mass is 16.3. The zero-order valence-electron chi connectivity index (χ0n) is 7.29. The Bertz CT molecular complexity index is 108. The van der Waals surface area contributed by atoms with Gasteiger partial charge >= 0.3 is 0 Å². The first-order chi connectivity index (χ1) is 5.22. The van der Waals surface area contributed by atoms with Gasteiger partial charge in [0.1, 0.15) is 0 Å². The van der Waals surface area contributed by atoms with E-state index in [0.29, 0.717) is 5.92 Å². The van der Waals surface area contributed by atoms with Gasteiger partial charge in [0.25, 0.3) is 0 Å². The number of aliphatic hydroxyl groups excluding tert-OH is 1. The second-order valence-electron chi connectivity index (χ2n) is 3.75.